The van der Waals surface area contributed by atoms with Gasteiger partial charge in [0, 0.05) is 19.7 Å². The third kappa shape index (κ3) is 34.7. The molecule has 0 saturated heterocycles. The van der Waals surface area contributed by atoms with Crippen molar-refractivity contribution in [3.05, 3.63) is 12.3 Å². The molecule has 0 aromatic carbocycles. The number of rotatable bonds is 42. The second-order valence-electron chi connectivity index (χ2n) is 15.9. The number of aliphatic hydroxyl groups is 1. The first-order valence-corrected chi connectivity index (χ1v) is 23.4. The lowest BCUT2D eigenvalue weighted by Gasteiger charge is -2.20. The molecule has 0 heterocycles. The Labute approximate surface area is 330 Å². The molecule has 6 heteroatoms. The van der Waals surface area contributed by atoms with E-state index in [1.807, 2.05) is 0 Å². The minimum atomic E-state index is 0.0319. The molecular formula is C47H91NO5. The molecule has 1 N–H and O–H groups in total. The summed E-state index contributed by atoms with van der Waals surface area (Å²) in [5, 5.41) is 9.41. The van der Waals surface area contributed by atoms with Crippen LogP contribution >= 0.6 is 0 Å². The van der Waals surface area contributed by atoms with Crippen molar-refractivity contribution in [3.8, 4) is 0 Å². The summed E-state index contributed by atoms with van der Waals surface area (Å²) in [6, 6.07) is 0. The SMILES string of the molecule is CCCCCCCCC(CCCCCC)C(=O)OCCCC/C=C/N(CCCO)CCCCCCOC(=O)C(CCCCCC)CCCCCCCC. The Bertz CT molecular complexity index is 802. The van der Waals surface area contributed by atoms with Crippen LogP contribution in [-0.4, -0.2) is 54.9 Å². The Hall–Kier alpha value is -1.56. The number of esters is 2. The van der Waals surface area contributed by atoms with Gasteiger partial charge in [-0.3, -0.25) is 9.59 Å². The van der Waals surface area contributed by atoms with Crippen molar-refractivity contribution in [1.29, 1.82) is 0 Å². The first-order valence-electron chi connectivity index (χ1n) is 23.4. The fourth-order valence-corrected chi connectivity index (χ4v) is 7.21. The van der Waals surface area contributed by atoms with Crippen molar-refractivity contribution in [1.82, 2.24) is 4.90 Å². The molecular weight excluding hydrogens is 659 g/mol. The lowest BCUT2D eigenvalue weighted by molar-refractivity contribution is -0.150. The van der Waals surface area contributed by atoms with E-state index < -0.39 is 0 Å². The molecule has 53 heavy (non-hydrogen) atoms. The number of hydrogen-bond donors (Lipinski definition) is 1. The maximum absolute atomic E-state index is 12.9. The van der Waals surface area contributed by atoms with Gasteiger partial charge in [0.15, 0.2) is 0 Å². The van der Waals surface area contributed by atoms with Gasteiger partial charge in [0.2, 0.25) is 0 Å². The van der Waals surface area contributed by atoms with E-state index >= 15 is 0 Å². The van der Waals surface area contributed by atoms with Crippen molar-refractivity contribution in [2.45, 2.75) is 233 Å². The zero-order chi connectivity index (χ0) is 38.9. The van der Waals surface area contributed by atoms with Gasteiger partial charge in [0.05, 0.1) is 25.0 Å². The standard InChI is InChI=1S/C47H91NO5/c1-5-9-13-17-19-27-36-44(34-25-15-11-7-3)46(50)52-42-31-23-21-29-38-48(40-33-41-49)39-30-22-24-32-43-53-47(51)45(35-26-16-12-8-4)37-28-20-18-14-10-6-2/h29,38,44-45,49H,5-28,30-37,39-43H2,1-4H3/b38-29+. The van der Waals surface area contributed by atoms with Crippen LogP contribution in [0.5, 0.6) is 0 Å². The lowest BCUT2D eigenvalue weighted by Crippen LogP contribution is -2.21. The maximum atomic E-state index is 12.9. The summed E-state index contributed by atoms with van der Waals surface area (Å²) < 4.78 is 11.6. The highest BCUT2D eigenvalue weighted by atomic mass is 16.5. The highest BCUT2D eigenvalue weighted by Gasteiger charge is 2.20. The molecule has 0 aromatic heterocycles. The molecule has 2 atom stereocenters. The van der Waals surface area contributed by atoms with Crippen LogP contribution in [0.15, 0.2) is 12.3 Å². The van der Waals surface area contributed by atoms with Gasteiger partial charge in [0.25, 0.3) is 0 Å². The average Bonchev–Trinajstić information content (AvgIpc) is 3.16. The molecule has 0 fully saturated rings. The Morgan fingerprint density at radius 2 is 0.830 bits per heavy atom. The Morgan fingerprint density at radius 3 is 1.28 bits per heavy atom. The Balaban J connectivity index is 4.38. The number of hydrogen-bond acceptors (Lipinski definition) is 6. The van der Waals surface area contributed by atoms with Gasteiger partial charge in [0.1, 0.15) is 0 Å². The highest BCUT2D eigenvalue weighted by Crippen LogP contribution is 2.22. The second-order valence-corrected chi connectivity index (χ2v) is 15.9. The molecule has 314 valence electrons. The third-order valence-corrected chi connectivity index (χ3v) is 10.8. The minimum Gasteiger partial charge on any atom is -0.465 e. The molecule has 0 spiro atoms. The minimum absolute atomic E-state index is 0.0319. The van der Waals surface area contributed by atoms with Gasteiger partial charge in [-0.2, -0.15) is 0 Å². The molecule has 0 rings (SSSR count). The molecule has 0 saturated carbocycles. The first-order chi connectivity index (χ1) is 26.0. The molecule has 0 aliphatic carbocycles. The fraction of sp³-hybridized carbons (Fsp3) is 0.915. The van der Waals surface area contributed by atoms with E-state index in [4.69, 9.17) is 9.47 Å². The van der Waals surface area contributed by atoms with Crippen LogP contribution in [0.1, 0.15) is 233 Å². The fourth-order valence-electron chi connectivity index (χ4n) is 7.21. The summed E-state index contributed by atoms with van der Waals surface area (Å²) in [7, 11) is 0. The summed E-state index contributed by atoms with van der Waals surface area (Å²) >= 11 is 0. The predicted octanol–water partition coefficient (Wildman–Crippen LogP) is 13.7. The summed E-state index contributed by atoms with van der Waals surface area (Å²) in [5.41, 5.74) is 0. The molecule has 0 aliphatic rings. The van der Waals surface area contributed by atoms with E-state index in [1.54, 1.807) is 0 Å². The number of unbranched alkanes of at least 4 members (excludes halogenated alkanes) is 21. The molecule has 0 aromatic rings. The van der Waals surface area contributed by atoms with Crippen molar-refractivity contribution >= 4 is 11.9 Å². The largest absolute Gasteiger partial charge is 0.465 e. The number of ether oxygens (including phenoxy) is 2. The smallest absolute Gasteiger partial charge is 0.308 e. The second kappa shape index (κ2) is 41.6. The van der Waals surface area contributed by atoms with Gasteiger partial charge in [-0.1, -0.05) is 169 Å². The molecule has 6 nitrogen and oxygen atoms in total. The van der Waals surface area contributed by atoms with E-state index in [9.17, 15) is 14.7 Å². The van der Waals surface area contributed by atoms with Crippen LogP contribution in [0.3, 0.4) is 0 Å². The first kappa shape index (κ1) is 51.4. The molecule has 0 amide bonds. The number of aliphatic hydroxyl groups excluding tert-OH is 1. The topological polar surface area (TPSA) is 76.1 Å². The maximum Gasteiger partial charge on any atom is 0.308 e. The highest BCUT2D eigenvalue weighted by molar-refractivity contribution is 5.72. The van der Waals surface area contributed by atoms with Crippen LogP contribution < -0.4 is 0 Å². The van der Waals surface area contributed by atoms with Crippen molar-refractivity contribution in [2.24, 2.45) is 11.8 Å². The number of carbonyl (C=O) groups is 2. The summed E-state index contributed by atoms with van der Waals surface area (Å²) in [6.45, 7) is 12.1. The van der Waals surface area contributed by atoms with Gasteiger partial charge < -0.3 is 19.5 Å². The van der Waals surface area contributed by atoms with E-state index in [0.29, 0.717) is 13.2 Å². The normalized spacial score (nSPS) is 12.7. The lowest BCUT2D eigenvalue weighted by atomic mass is 9.94. The van der Waals surface area contributed by atoms with E-state index in [0.717, 1.165) is 116 Å². The molecule has 0 radical (unpaired) electrons. The monoisotopic (exact) mass is 750 g/mol. The van der Waals surface area contributed by atoms with Crippen molar-refractivity contribution < 1.29 is 24.2 Å². The number of allylic oxidation sites excluding steroid dienone is 1. The molecule has 0 aliphatic heterocycles. The van der Waals surface area contributed by atoms with E-state index in [1.165, 1.54) is 103 Å². The molecule has 0 bridgehead atoms. The van der Waals surface area contributed by atoms with Gasteiger partial charge in [-0.25, -0.2) is 0 Å². The third-order valence-electron chi connectivity index (χ3n) is 10.8. The van der Waals surface area contributed by atoms with Crippen LogP contribution in [0, 0.1) is 11.8 Å². The van der Waals surface area contributed by atoms with Crippen molar-refractivity contribution in [2.75, 3.05) is 32.9 Å². The summed E-state index contributed by atoms with van der Waals surface area (Å²) in [5.74, 6) is 0.228. The van der Waals surface area contributed by atoms with Crippen LogP contribution in [0.2, 0.25) is 0 Å². The Morgan fingerprint density at radius 1 is 0.472 bits per heavy atom. The Kier molecular flexibility index (Phi) is 40.4. The summed E-state index contributed by atoms with van der Waals surface area (Å²) in [4.78, 5) is 28.2. The van der Waals surface area contributed by atoms with Crippen molar-refractivity contribution in [3.63, 3.8) is 0 Å². The number of carbonyl (C=O) groups excluding carboxylic acids is 2. The zero-order valence-electron chi connectivity index (χ0n) is 36.0. The zero-order valence-corrected chi connectivity index (χ0v) is 36.0. The number of nitrogens with zero attached hydrogens (tertiary/aromatic N) is 1. The molecule has 2 unspecified atom stereocenters. The van der Waals surface area contributed by atoms with Crippen LogP contribution in [-0.2, 0) is 19.1 Å². The summed E-state index contributed by atoms with van der Waals surface area (Å²) in [6.07, 6.45) is 41.0. The quantitative estimate of drug-likeness (QED) is 0.0495. The van der Waals surface area contributed by atoms with Crippen LogP contribution in [0.4, 0.5) is 0 Å². The van der Waals surface area contributed by atoms with Gasteiger partial charge >= 0.3 is 11.9 Å². The van der Waals surface area contributed by atoms with Gasteiger partial charge in [-0.15, -0.1) is 0 Å². The van der Waals surface area contributed by atoms with Gasteiger partial charge in [-0.05, 0) is 76.8 Å². The predicted molar refractivity (Wildman–Crippen MR) is 227 cm³/mol. The average molecular weight is 750 g/mol. The van der Waals surface area contributed by atoms with E-state index in [-0.39, 0.29) is 30.4 Å². The van der Waals surface area contributed by atoms with Crippen LogP contribution in [0.25, 0.3) is 0 Å². The van der Waals surface area contributed by atoms with E-state index in [2.05, 4.69) is 44.9 Å².